The molecule has 3 heterocycles. The van der Waals surface area contributed by atoms with Gasteiger partial charge in [0.1, 0.15) is 6.33 Å². The summed E-state index contributed by atoms with van der Waals surface area (Å²) in [5.41, 5.74) is 0.535. The molecule has 9 heteroatoms. The monoisotopic (exact) mass is 385 g/mol. The van der Waals surface area contributed by atoms with Crippen LogP contribution in [0.2, 0.25) is 0 Å². The predicted molar refractivity (Wildman–Crippen MR) is 104 cm³/mol. The number of aromatic nitrogens is 2. The molecular formula is C19H23N5O4. The third-order valence-electron chi connectivity index (χ3n) is 5.23. The van der Waals surface area contributed by atoms with Crippen LogP contribution in [-0.4, -0.2) is 34.8 Å². The van der Waals surface area contributed by atoms with Crippen molar-refractivity contribution in [2.24, 2.45) is 5.92 Å². The molecule has 2 aromatic rings. The highest BCUT2D eigenvalue weighted by Crippen LogP contribution is 2.38. The fraction of sp³-hybridized carbons (Fsp3) is 0.474. The number of nitrogens with zero attached hydrogens (tertiary/aromatic N) is 4. The van der Waals surface area contributed by atoms with E-state index in [-0.39, 0.29) is 18.3 Å². The van der Waals surface area contributed by atoms with Crippen LogP contribution in [0.5, 0.6) is 11.5 Å². The lowest BCUT2D eigenvalue weighted by molar-refractivity contribution is -0.383. The van der Waals surface area contributed by atoms with E-state index in [2.05, 4.69) is 22.2 Å². The van der Waals surface area contributed by atoms with Crippen molar-refractivity contribution in [3.8, 4) is 11.5 Å². The zero-order valence-corrected chi connectivity index (χ0v) is 15.8. The normalized spacial score (nSPS) is 16.2. The van der Waals surface area contributed by atoms with Gasteiger partial charge in [0.25, 0.3) is 0 Å². The van der Waals surface area contributed by atoms with Crippen molar-refractivity contribution < 1.29 is 14.4 Å². The number of rotatable bonds is 6. The molecule has 1 aromatic heterocycles. The van der Waals surface area contributed by atoms with Gasteiger partial charge in [-0.25, -0.2) is 9.97 Å². The maximum absolute atomic E-state index is 11.8. The molecule has 4 rings (SSSR count). The van der Waals surface area contributed by atoms with Crippen molar-refractivity contribution in [3.63, 3.8) is 0 Å². The van der Waals surface area contributed by atoms with Gasteiger partial charge in [-0.05, 0) is 30.9 Å². The second-order valence-corrected chi connectivity index (χ2v) is 7.06. The fourth-order valence-corrected chi connectivity index (χ4v) is 3.81. The smallest absolute Gasteiger partial charge is 0.353 e. The number of nitro groups is 1. The van der Waals surface area contributed by atoms with Gasteiger partial charge >= 0.3 is 5.69 Å². The molecular weight excluding hydrogens is 362 g/mol. The molecule has 0 spiro atoms. The van der Waals surface area contributed by atoms with Crippen LogP contribution in [0.3, 0.4) is 0 Å². The number of nitrogens with one attached hydrogen (secondary N) is 1. The molecule has 0 radical (unpaired) electrons. The summed E-state index contributed by atoms with van der Waals surface area (Å²) in [6.07, 6.45) is 5.80. The van der Waals surface area contributed by atoms with Gasteiger partial charge in [0.05, 0.1) is 4.92 Å². The Morgan fingerprint density at radius 3 is 2.79 bits per heavy atom. The van der Waals surface area contributed by atoms with Gasteiger partial charge in [-0.2, -0.15) is 0 Å². The number of ether oxygens (including phenoxy) is 2. The molecule has 2 aliphatic heterocycles. The number of hydrogen-bond donors (Lipinski definition) is 1. The molecule has 28 heavy (non-hydrogen) atoms. The third-order valence-corrected chi connectivity index (χ3v) is 5.23. The van der Waals surface area contributed by atoms with E-state index in [4.69, 9.17) is 9.47 Å². The average molecular weight is 385 g/mol. The van der Waals surface area contributed by atoms with Crippen LogP contribution in [0.4, 0.5) is 23.0 Å². The summed E-state index contributed by atoms with van der Waals surface area (Å²) >= 11 is 0. The van der Waals surface area contributed by atoms with E-state index in [1.165, 1.54) is 19.2 Å². The van der Waals surface area contributed by atoms with Crippen LogP contribution in [0.15, 0.2) is 24.5 Å². The summed E-state index contributed by atoms with van der Waals surface area (Å²) in [6, 6.07) is 5.27. The molecule has 0 amide bonds. The number of fused-ring (bicyclic) bond motifs is 1. The average Bonchev–Trinajstić information content (AvgIpc) is 3.16. The Labute approximate surface area is 162 Å². The Balaban J connectivity index is 1.58. The summed E-state index contributed by atoms with van der Waals surface area (Å²) in [5.74, 6) is 2.48. The van der Waals surface area contributed by atoms with Crippen molar-refractivity contribution in [1.82, 2.24) is 9.97 Å². The van der Waals surface area contributed by atoms with Crippen LogP contribution in [-0.2, 0) is 0 Å². The molecule has 9 nitrogen and oxygen atoms in total. The third kappa shape index (κ3) is 3.64. The highest BCUT2D eigenvalue weighted by Gasteiger charge is 2.30. The zero-order valence-electron chi connectivity index (χ0n) is 15.8. The molecule has 0 bridgehead atoms. The van der Waals surface area contributed by atoms with E-state index in [0.717, 1.165) is 25.9 Å². The second kappa shape index (κ2) is 7.87. The molecule has 1 N–H and O–H groups in total. The van der Waals surface area contributed by atoms with Gasteiger partial charge in [-0.1, -0.05) is 19.8 Å². The largest absolute Gasteiger partial charge is 0.454 e. The summed E-state index contributed by atoms with van der Waals surface area (Å²) < 4.78 is 10.7. The molecule has 0 unspecified atom stereocenters. The zero-order chi connectivity index (χ0) is 19.5. The van der Waals surface area contributed by atoms with E-state index in [9.17, 15) is 10.1 Å². The van der Waals surface area contributed by atoms with Gasteiger partial charge in [0.15, 0.2) is 11.5 Å². The predicted octanol–water partition coefficient (Wildman–Crippen LogP) is 3.87. The molecule has 148 valence electrons. The van der Waals surface area contributed by atoms with E-state index >= 15 is 0 Å². The Bertz CT molecular complexity index is 867. The van der Waals surface area contributed by atoms with Gasteiger partial charge < -0.3 is 19.7 Å². The SMILES string of the molecule is CCCC1CCN(c2ncnc(Nc3ccc4c(c3)OCO4)c2[N+](=O)[O-])CC1. The van der Waals surface area contributed by atoms with E-state index in [1.54, 1.807) is 18.2 Å². The van der Waals surface area contributed by atoms with Crippen LogP contribution in [0.1, 0.15) is 32.6 Å². The maximum atomic E-state index is 11.8. The summed E-state index contributed by atoms with van der Waals surface area (Å²) in [7, 11) is 0. The van der Waals surface area contributed by atoms with E-state index in [1.807, 2.05) is 4.90 Å². The number of benzene rings is 1. The molecule has 0 aliphatic carbocycles. The van der Waals surface area contributed by atoms with E-state index < -0.39 is 4.92 Å². The lowest BCUT2D eigenvalue weighted by Gasteiger charge is -2.32. The van der Waals surface area contributed by atoms with Gasteiger partial charge in [-0.15, -0.1) is 0 Å². The molecule has 2 aliphatic rings. The van der Waals surface area contributed by atoms with Crippen molar-refractivity contribution in [3.05, 3.63) is 34.6 Å². The molecule has 0 saturated carbocycles. The first kappa shape index (κ1) is 18.3. The van der Waals surface area contributed by atoms with Crippen molar-refractivity contribution in [1.29, 1.82) is 0 Å². The van der Waals surface area contributed by atoms with Crippen molar-refractivity contribution >= 4 is 23.0 Å². The number of piperidine rings is 1. The first-order valence-corrected chi connectivity index (χ1v) is 9.56. The highest BCUT2D eigenvalue weighted by molar-refractivity contribution is 5.75. The quantitative estimate of drug-likeness (QED) is 0.590. The first-order valence-electron chi connectivity index (χ1n) is 9.56. The Kier molecular flexibility index (Phi) is 5.14. The minimum atomic E-state index is -0.414. The minimum Gasteiger partial charge on any atom is -0.454 e. The van der Waals surface area contributed by atoms with Gasteiger partial charge in [-0.3, -0.25) is 10.1 Å². The van der Waals surface area contributed by atoms with Crippen LogP contribution in [0, 0.1) is 16.0 Å². The topological polar surface area (TPSA) is 103 Å². The Morgan fingerprint density at radius 2 is 2.04 bits per heavy atom. The summed E-state index contributed by atoms with van der Waals surface area (Å²) in [5, 5.41) is 14.9. The first-order chi connectivity index (χ1) is 13.7. The highest BCUT2D eigenvalue weighted by atomic mass is 16.7. The van der Waals surface area contributed by atoms with Crippen LogP contribution in [0.25, 0.3) is 0 Å². The molecule has 0 atom stereocenters. The van der Waals surface area contributed by atoms with Gasteiger partial charge in [0, 0.05) is 24.8 Å². The fourth-order valence-electron chi connectivity index (χ4n) is 3.81. The maximum Gasteiger partial charge on any atom is 0.353 e. The molecule has 1 fully saturated rings. The number of anilines is 3. The summed E-state index contributed by atoms with van der Waals surface area (Å²) in [6.45, 7) is 3.90. The lowest BCUT2D eigenvalue weighted by atomic mass is 9.92. The Hall–Kier alpha value is -3.10. The molecule has 1 saturated heterocycles. The minimum absolute atomic E-state index is 0.103. The summed E-state index contributed by atoms with van der Waals surface area (Å²) in [4.78, 5) is 21.8. The lowest BCUT2D eigenvalue weighted by Crippen LogP contribution is -2.34. The van der Waals surface area contributed by atoms with Gasteiger partial charge in [0.2, 0.25) is 18.4 Å². The van der Waals surface area contributed by atoms with Crippen LogP contribution >= 0.6 is 0 Å². The second-order valence-electron chi connectivity index (χ2n) is 7.06. The standard InChI is InChI=1S/C19H23N5O4/c1-2-3-13-6-8-23(9-7-13)19-17(24(25)26)18(20-11-21-19)22-14-4-5-15-16(10-14)28-12-27-15/h4-5,10-11,13H,2-3,6-9,12H2,1H3,(H,20,21,22). The van der Waals surface area contributed by atoms with Crippen LogP contribution < -0.4 is 19.7 Å². The van der Waals surface area contributed by atoms with Crippen molar-refractivity contribution in [2.45, 2.75) is 32.6 Å². The van der Waals surface area contributed by atoms with E-state index in [0.29, 0.717) is 28.9 Å². The number of hydrogen-bond acceptors (Lipinski definition) is 8. The molecule has 1 aromatic carbocycles. The Morgan fingerprint density at radius 1 is 1.25 bits per heavy atom. The van der Waals surface area contributed by atoms with Crippen molar-refractivity contribution in [2.75, 3.05) is 30.1 Å².